The van der Waals surface area contributed by atoms with E-state index in [1.807, 2.05) is 0 Å². The SMILES string of the molecule is CC(=O)OCCCCCCCCCCCC[n+]1ccccc1. The van der Waals surface area contributed by atoms with E-state index < -0.39 is 0 Å². The van der Waals surface area contributed by atoms with Crippen molar-refractivity contribution in [2.45, 2.75) is 77.7 Å². The average Bonchev–Trinajstić information content (AvgIpc) is 2.52. The molecule has 3 nitrogen and oxygen atoms in total. The number of pyridine rings is 1. The minimum absolute atomic E-state index is 0.161. The zero-order valence-electron chi connectivity index (χ0n) is 14.1. The van der Waals surface area contributed by atoms with Gasteiger partial charge in [-0.05, 0) is 12.8 Å². The van der Waals surface area contributed by atoms with Crippen molar-refractivity contribution >= 4 is 5.97 Å². The van der Waals surface area contributed by atoms with E-state index in [9.17, 15) is 4.79 Å². The summed E-state index contributed by atoms with van der Waals surface area (Å²) >= 11 is 0. The minimum atomic E-state index is -0.161. The molecule has 0 fully saturated rings. The highest BCUT2D eigenvalue weighted by molar-refractivity contribution is 5.65. The fraction of sp³-hybridized carbons (Fsp3) is 0.684. The van der Waals surface area contributed by atoms with Crippen LogP contribution in [-0.4, -0.2) is 12.6 Å². The molecular formula is C19H32NO2+. The summed E-state index contributed by atoms with van der Waals surface area (Å²) in [6.45, 7) is 3.20. The maximum absolute atomic E-state index is 10.6. The molecule has 3 heteroatoms. The van der Waals surface area contributed by atoms with Crippen LogP contribution in [0.4, 0.5) is 0 Å². The van der Waals surface area contributed by atoms with Gasteiger partial charge in [-0.15, -0.1) is 0 Å². The topological polar surface area (TPSA) is 30.2 Å². The quantitative estimate of drug-likeness (QED) is 0.306. The molecule has 1 heterocycles. The van der Waals surface area contributed by atoms with Gasteiger partial charge in [-0.1, -0.05) is 51.0 Å². The van der Waals surface area contributed by atoms with Crippen LogP contribution in [0.15, 0.2) is 30.6 Å². The maximum Gasteiger partial charge on any atom is 0.302 e. The number of aryl methyl sites for hydroxylation is 1. The number of unbranched alkanes of at least 4 members (excludes halogenated alkanes) is 9. The third-order valence-corrected chi connectivity index (χ3v) is 3.89. The second-order valence-corrected chi connectivity index (χ2v) is 5.99. The smallest absolute Gasteiger partial charge is 0.302 e. The number of hydrogen-bond donors (Lipinski definition) is 0. The van der Waals surface area contributed by atoms with Crippen molar-refractivity contribution in [1.29, 1.82) is 0 Å². The molecule has 0 aromatic carbocycles. The number of carbonyl (C=O) groups excluding carboxylic acids is 1. The molecule has 124 valence electrons. The third-order valence-electron chi connectivity index (χ3n) is 3.89. The molecule has 0 aliphatic heterocycles. The largest absolute Gasteiger partial charge is 0.466 e. The predicted molar refractivity (Wildman–Crippen MR) is 89.4 cm³/mol. The summed E-state index contributed by atoms with van der Waals surface area (Å²) in [7, 11) is 0. The lowest BCUT2D eigenvalue weighted by atomic mass is 10.1. The Hall–Kier alpha value is -1.38. The number of hydrogen-bond acceptors (Lipinski definition) is 2. The fourth-order valence-corrected chi connectivity index (χ4v) is 2.61. The average molecular weight is 306 g/mol. The van der Waals surface area contributed by atoms with Crippen LogP contribution < -0.4 is 4.57 Å². The first kappa shape index (κ1) is 18.7. The van der Waals surface area contributed by atoms with E-state index >= 15 is 0 Å². The van der Waals surface area contributed by atoms with Crippen LogP contribution in [0.2, 0.25) is 0 Å². The van der Waals surface area contributed by atoms with Gasteiger partial charge in [0.05, 0.1) is 6.61 Å². The number of carbonyl (C=O) groups is 1. The zero-order chi connectivity index (χ0) is 15.9. The van der Waals surface area contributed by atoms with Crippen LogP contribution in [0, 0.1) is 0 Å². The van der Waals surface area contributed by atoms with E-state index in [1.54, 1.807) is 0 Å². The fourth-order valence-electron chi connectivity index (χ4n) is 2.61. The highest BCUT2D eigenvalue weighted by atomic mass is 16.5. The summed E-state index contributed by atoms with van der Waals surface area (Å²) in [4.78, 5) is 10.6. The summed E-state index contributed by atoms with van der Waals surface area (Å²) in [5.41, 5.74) is 0. The third kappa shape index (κ3) is 11.3. The van der Waals surface area contributed by atoms with Gasteiger partial charge in [-0.3, -0.25) is 4.79 Å². The first-order valence-electron chi connectivity index (χ1n) is 8.86. The molecule has 1 aromatic heterocycles. The highest BCUT2D eigenvalue weighted by Gasteiger charge is 1.98. The van der Waals surface area contributed by atoms with E-state index in [0.717, 1.165) is 13.0 Å². The zero-order valence-corrected chi connectivity index (χ0v) is 14.1. The van der Waals surface area contributed by atoms with E-state index in [-0.39, 0.29) is 5.97 Å². The first-order chi connectivity index (χ1) is 10.8. The van der Waals surface area contributed by atoms with Gasteiger partial charge in [-0.25, -0.2) is 4.57 Å². The van der Waals surface area contributed by atoms with Crippen molar-refractivity contribution < 1.29 is 14.1 Å². The minimum Gasteiger partial charge on any atom is -0.466 e. The molecule has 0 N–H and O–H groups in total. The summed E-state index contributed by atoms with van der Waals surface area (Å²) in [5, 5.41) is 0. The molecule has 0 saturated carbocycles. The molecule has 0 bridgehead atoms. The Morgan fingerprint density at radius 2 is 1.27 bits per heavy atom. The van der Waals surface area contributed by atoms with Gasteiger partial charge in [0.2, 0.25) is 0 Å². The molecule has 0 saturated heterocycles. The lowest BCUT2D eigenvalue weighted by Crippen LogP contribution is -2.32. The van der Waals surface area contributed by atoms with E-state index in [0.29, 0.717) is 6.61 Å². The summed E-state index contributed by atoms with van der Waals surface area (Å²) in [5.74, 6) is -0.161. The molecule has 0 aliphatic rings. The Kier molecular flexibility index (Phi) is 11.3. The Morgan fingerprint density at radius 1 is 0.773 bits per heavy atom. The van der Waals surface area contributed by atoms with Crippen LogP contribution in [0.1, 0.15) is 71.1 Å². The van der Waals surface area contributed by atoms with E-state index in [4.69, 9.17) is 4.74 Å². The van der Waals surface area contributed by atoms with Gasteiger partial charge in [0.1, 0.15) is 6.54 Å². The van der Waals surface area contributed by atoms with Crippen LogP contribution in [0.3, 0.4) is 0 Å². The first-order valence-corrected chi connectivity index (χ1v) is 8.86. The Morgan fingerprint density at radius 3 is 1.82 bits per heavy atom. The molecular weight excluding hydrogens is 274 g/mol. The molecule has 0 aliphatic carbocycles. The van der Waals surface area contributed by atoms with Crippen LogP contribution in [0.25, 0.3) is 0 Å². The molecule has 0 atom stereocenters. The van der Waals surface area contributed by atoms with Gasteiger partial charge in [0, 0.05) is 25.5 Å². The van der Waals surface area contributed by atoms with Crippen molar-refractivity contribution in [3.8, 4) is 0 Å². The van der Waals surface area contributed by atoms with Gasteiger partial charge >= 0.3 is 5.97 Å². The molecule has 0 amide bonds. The Labute approximate surface area is 135 Å². The van der Waals surface area contributed by atoms with Gasteiger partial charge in [0.25, 0.3) is 0 Å². The monoisotopic (exact) mass is 306 g/mol. The van der Waals surface area contributed by atoms with Gasteiger partial charge < -0.3 is 4.74 Å². The normalized spacial score (nSPS) is 10.6. The molecule has 0 spiro atoms. The standard InChI is InChI=1S/C19H32NO2/c1-19(21)22-18-14-9-7-5-3-2-4-6-8-11-15-20-16-12-10-13-17-20/h10,12-13,16-17H,2-9,11,14-15,18H2,1H3/q+1. The lowest BCUT2D eigenvalue weighted by Gasteiger charge is -2.03. The number of aromatic nitrogens is 1. The second-order valence-electron chi connectivity index (χ2n) is 5.99. The van der Waals surface area contributed by atoms with Crippen molar-refractivity contribution in [1.82, 2.24) is 0 Å². The highest BCUT2D eigenvalue weighted by Crippen LogP contribution is 2.10. The summed E-state index contributed by atoms with van der Waals surface area (Å²) in [6, 6.07) is 6.24. The molecule has 1 aromatic rings. The van der Waals surface area contributed by atoms with Crippen LogP contribution in [-0.2, 0) is 16.1 Å². The Bertz CT molecular complexity index is 378. The number of esters is 1. The van der Waals surface area contributed by atoms with Crippen molar-refractivity contribution in [3.63, 3.8) is 0 Å². The van der Waals surface area contributed by atoms with Crippen molar-refractivity contribution in [2.75, 3.05) is 6.61 Å². The summed E-state index contributed by atoms with van der Waals surface area (Å²) in [6.07, 6.45) is 17.1. The second kappa shape index (κ2) is 13.3. The number of rotatable bonds is 13. The van der Waals surface area contributed by atoms with Gasteiger partial charge in [0.15, 0.2) is 12.4 Å². The van der Waals surface area contributed by atoms with Crippen LogP contribution >= 0.6 is 0 Å². The number of ether oxygens (including phenoxy) is 1. The lowest BCUT2D eigenvalue weighted by molar-refractivity contribution is -0.697. The van der Waals surface area contributed by atoms with Crippen molar-refractivity contribution in [2.24, 2.45) is 0 Å². The predicted octanol–water partition coefficient (Wildman–Crippen LogP) is 4.44. The Balaban J connectivity index is 1.76. The van der Waals surface area contributed by atoms with Gasteiger partial charge in [-0.2, -0.15) is 0 Å². The molecule has 0 radical (unpaired) electrons. The van der Waals surface area contributed by atoms with E-state index in [1.165, 1.54) is 64.7 Å². The molecule has 22 heavy (non-hydrogen) atoms. The summed E-state index contributed by atoms with van der Waals surface area (Å²) < 4.78 is 7.18. The molecule has 1 rings (SSSR count). The number of nitrogens with zero attached hydrogens (tertiary/aromatic N) is 1. The van der Waals surface area contributed by atoms with Crippen molar-refractivity contribution in [3.05, 3.63) is 30.6 Å². The molecule has 0 unspecified atom stereocenters. The maximum atomic E-state index is 10.6. The van der Waals surface area contributed by atoms with E-state index in [2.05, 4.69) is 35.2 Å². The van der Waals surface area contributed by atoms with Crippen LogP contribution in [0.5, 0.6) is 0 Å².